The monoisotopic (exact) mass is 377 g/mol. The molecule has 2 atom stereocenters. The van der Waals surface area contributed by atoms with Gasteiger partial charge < -0.3 is 19.8 Å². The van der Waals surface area contributed by atoms with Gasteiger partial charge in [0.15, 0.2) is 5.78 Å². The molecule has 1 heterocycles. The number of hydrogen-bond donors (Lipinski definition) is 2. The molecule has 0 unspecified atom stereocenters. The summed E-state index contributed by atoms with van der Waals surface area (Å²) in [6.07, 6.45) is 2.31. The van der Waals surface area contributed by atoms with Crippen molar-refractivity contribution in [3.05, 3.63) is 35.9 Å². The average Bonchev–Trinajstić information content (AvgIpc) is 2.70. The van der Waals surface area contributed by atoms with Crippen molar-refractivity contribution in [1.82, 2.24) is 4.90 Å². The third-order valence-corrected chi connectivity index (χ3v) is 5.47. The first-order valence-corrected chi connectivity index (χ1v) is 9.66. The van der Waals surface area contributed by atoms with Crippen LogP contribution in [0.3, 0.4) is 0 Å². The van der Waals surface area contributed by atoms with Crippen molar-refractivity contribution in [2.75, 3.05) is 33.4 Å². The fourth-order valence-corrected chi connectivity index (χ4v) is 3.74. The van der Waals surface area contributed by atoms with Gasteiger partial charge in [-0.2, -0.15) is 0 Å². The molecular weight excluding hydrogens is 346 g/mol. The molecule has 0 aromatic heterocycles. The molecule has 0 aliphatic carbocycles. The van der Waals surface area contributed by atoms with E-state index in [9.17, 15) is 19.8 Å². The van der Waals surface area contributed by atoms with Crippen molar-refractivity contribution < 1.29 is 24.5 Å². The zero-order valence-electron chi connectivity index (χ0n) is 16.1. The predicted molar refractivity (Wildman–Crippen MR) is 102 cm³/mol. The molecule has 0 bridgehead atoms. The molecule has 0 spiro atoms. The SMILES string of the molecule is COCCC[C@@]1(CO)CN(C(=O)CCCC(=O)c2ccccc2)CC[C@H]1O. The van der Waals surface area contributed by atoms with Gasteiger partial charge in [-0.05, 0) is 25.7 Å². The number of piperidine rings is 1. The van der Waals surface area contributed by atoms with Gasteiger partial charge in [0.2, 0.25) is 5.91 Å². The number of benzene rings is 1. The molecule has 2 rings (SSSR count). The first-order valence-electron chi connectivity index (χ1n) is 9.66. The Kier molecular flexibility index (Phi) is 8.41. The Labute approximate surface area is 161 Å². The summed E-state index contributed by atoms with van der Waals surface area (Å²) >= 11 is 0. The number of likely N-dealkylation sites (tertiary alicyclic amines) is 1. The molecule has 6 nitrogen and oxygen atoms in total. The van der Waals surface area contributed by atoms with Crippen molar-refractivity contribution in [1.29, 1.82) is 0 Å². The first-order chi connectivity index (χ1) is 13.0. The number of amides is 1. The van der Waals surface area contributed by atoms with Gasteiger partial charge in [0.1, 0.15) is 0 Å². The summed E-state index contributed by atoms with van der Waals surface area (Å²) in [4.78, 5) is 26.4. The van der Waals surface area contributed by atoms with Crippen LogP contribution in [0.25, 0.3) is 0 Å². The van der Waals surface area contributed by atoms with Crippen LogP contribution >= 0.6 is 0 Å². The Morgan fingerprint density at radius 3 is 2.63 bits per heavy atom. The van der Waals surface area contributed by atoms with E-state index in [4.69, 9.17) is 4.74 Å². The fourth-order valence-electron chi connectivity index (χ4n) is 3.74. The van der Waals surface area contributed by atoms with Crippen LogP contribution in [0.4, 0.5) is 0 Å². The topological polar surface area (TPSA) is 87.1 Å². The van der Waals surface area contributed by atoms with Crippen LogP contribution in [0.2, 0.25) is 0 Å². The predicted octanol–water partition coefficient (Wildman–Crippen LogP) is 2.04. The number of aliphatic hydroxyl groups excluding tert-OH is 2. The molecule has 1 saturated heterocycles. The number of carbonyl (C=O) groups is 2. The van der Waals surface area contributed by atoms with Gasteiger partial charge in [0, 0.05) is 50.6 Å². The molecule has 6 heteroatoms. The minimum absolute atomic E-state index is 0.0210. The Bertz CT molecular complexity index is 606. The molecule has 150 valence electrons. The standard InChI is InChI=1S/C21H31NO5/c1-27-14-6-12-21(16-23)15-22(13-11-19(21)25)20(26)10-5-9-18(24)17-7-3-2-4-8-17/h2-4,7-8,19,23,25H,5-6,9-16H2,1H3/t19-,21+/m1/s1. The number of rotatable bonds is 10. The molecule has 1 aliphatic heterocycles. The van der Waals surface area contributed by atoms with E-state index in [-0.39, 0.29) is 18.3 Å². The van der Waals surface area contributed by atoms with Crippen molar-refractivity contribution in [2.24, 2.45) is 5.41 Å². The van der Waals surface area contributed by atoms with E-state index in [1.807, 2.05) is 18.2 Å². The van der Waals surface area contributed by atoms with Crippen LogP contribution < -0.4 is 0 Å². The van der Waals surface area contributed by atoms with E-state index in [2.05, 4.69) is 0 Å². The summed E-state index contributed by atoms with van der Waals surface area (Å²) in [5, 5.41) is 20.3. The highest BCUT2D eigenvalue weighted by atomic mass is 16.5. The largest absolute Gasteiger partial charge is 0.396 e. The Hall–Kier alpha value is -1.76. The van der Waals surface area contributed by atoms with Gasteiger partial charge in [0.25, 0.3) is 0 Å². The van der Waals surface area contributed by atoms with E-state index in [1.54, 1.807) is 24.1 Å². The van der Waals surface area contributed by atoms with Gasteiger partial charge >= 0.3 is 0 Å². The number of carbonyl (C=O) groups excluding carboxylic acids is 2. The molecule has 1 fully saturated rings. The maximum atomic E-state index is 12.6. The van der Waals surface area contributed by atoms with Gasteiger partial charge in [0.05, 0.1) is 12.7 Å². The zero-order chi connectivity index (χ0) is 19.7. The highest BCUT2D eigenvalue weighted by molar-refractivity contribution is 5.96. The highest BCUT2D eigenvalue weighted by Crippen LogP contribution is 2.35. The molecule has 0 saturated carbocycles. The summed E-state index contributed by atoms with van der Waals surface area (Å²) in [5.41, 5.74) is -0.0183. The number of aliphatic hydroxyl groups is 2. The lowest BCUT2D eigenvalue weighted by Crippen LogP contribution is -2.55. The molecule has 27 heavy (non-hydrogen) atoms. The summed E-state index contributed by atoms with van der Waals surface area (Å²) < 4.78 is 5.07. The maximum absolute atomic E-state index is 12.6. The highest BCUT2D eigenvalue weighted by Gasteiger charge is 2.43. The van der Waals surface area contributed by atoms with E-state index in [0.29, 0.717) is 57.4 Å². The molecule has 0 radical (unpaired) electrons. The second-order valence-electron chi connectivity index (χ2n) is 7.38. The Morgan fingerprint density at radius 2 is 1.96 bits per heavy atom. The van der Waals surface area contributed by atoms with Gasteiger partial charge in [-0.3, -0.25) is 9.59 Å². The third-order valence-electron chi connectivity index (χ3n) is 5.47. The lowest BCUT2D eigenvalue weighted by atomic mass is 9.74. The van der Waals surface area contributed by atoms with Crippen LogP contribution in [-0.2, 0) is 9.53 Å². The zero-order valence-corrected chi connectivity index (χ0v) is 16.1. The Morgan fingerprint density at radius 1 is 1.22 bits per heavy atom. The maximum Gasteiger partial charge on any atom is 0.222 e. The fraction of sp³-hybridized carbons (Fsp3) is 0.619. The Balaban J connectivity index is 1.85. The van der Waals surface area contributed by atoms with Crippen molar-refractivity contribution in [3.8, 4) is 0 Å². The van der Waals surface area contributed by atoms with Crippen molar-refractivity contribution in [2.45, 2.75) is 44.6 Å². The normalized spacial score (nSPS) is 22.6. The molecule has 1 aliphatic rings. The van der Waals surface area contributed by atoms with Crippen LogP contribution in [0, 0.1) is 5.41 Å². The van der Waals surface area contributed by atoms with Crippen LogP contribution in [0.15, 0.2) is 30.3 Å². The van der Waals surface area contributed by atoms with Crippen LogP contribution in [0.5, 0.6) is 0 Å². The van der Waals surface area contributed by atoms with Crippen LogP contribution in [-0.4, -0.2) is 66.3 Å². The second kappa shape index (κ2) is 10.5. The van der Waals surface area contributed by atoms with E-state index >= 15 is 0 Å². The van der Waals surface area contributed by atoms with E-state index < -0.39 is 11.5 Å². The number of ketones is 1. The molecular formula is C21H31NO5. The average molecular weight is 377 g/mol. The van der Waals surface area contributed by atoms with E-state index in [1.165, 1.54) is 0 Å². The van der Waals surface area contributed by atoms with Gasteiger partial charge in [-0.15, -0.1) is 0 Å². The number of Topliss-reactive ketones (excluding diaryl/α,β-unsaturated/α-hetero) is 1. The van der Waals surface area contributed by atoms with Crippen molar-refractivity contribution in [3.63, 3.8) is 0 Å². The second-order valence-corrected chi connectivity index (χ2v) is 7.38. The van der Waals surface area contributed by atoms with Gasteiger partial charge in [-0.1, -0.05) is 30.3 Å². The van der Waals surface area contributed by atoms with E-state index in [0.717, 1.165) is 6.42 Å². The van der Waals surface area contributed by atoms with Crippen molar-refractivity contribution >= 4 is 11.7 Å². The lowest BCUT2D eigenvalue weighted by molar-refractivity contribution is -0.142. The molecule has 1 aromatic rings. The minimum atomic E-state index is -0.688. The van der Waals surface area contributed by atoms with Crippen LogP contribution in [0.1, 0.15) is 48.9 Å². The summed E-state index contributed by atoms with van der Waals surface area (Å²) in [5.74, 6) is 0.0223. The quantitative estimate of drug-likeness (QED) is 0.481. The molecule has 1 amide bonds. The number of nitrogens with zero attached hydrogens (tertiary/aromatic N) is 1. The smallest absolute Gasteiger partial charge is 0.222 e. The summed E-state index contributed by atoms with van der Waals surface area (Å²) in [7, 11) is 1.62. The summed E-state index contributed by atoms with van der Waals surface area (Å²) in [6, 6.07) is 9.09. The van der Waals surface area contributed by atoms with Gasteiger partial charge in [-0.25, -0.2) is 0 Å². The summed E-state index contributed by atoms with van der Waals surface area (Å²) in [6.45, 7) is 1.23. The lowest BCUT2D eigenvalue weighted by Gasteiger charge is -2.45. The number of hydrogen-bond acceptors (Lipinski definition) is 5. The molecule has 1 aromatic carbocycles. The first kappa shape index (κ1) is 21.5. The third kappa shape index (κ3) is 5.86. The number of ether oxygens (including phenoxy) is 1. The minimum Gasteiger partial charge on any atom is -0.396 e. The number of methoxy groups -OCH3 is 1. The molecule has 2 N–H and O–H groups in total.